The molecule has 0 atom stereocenters. The van der Waals surface area contributed by atoms with Crippen LogP contribution in [0.3, 0.4) is 0 Å². The monoisotopic (exact) mass is 292 g/mol. The molecule has 0 bridgehead atoms. The van der Waals surface area contributed by atoms with E-state index in [1.165, 1.54) is 0 Å². The summed E-state index contributed by atoms with van der Waals surface area (Å²) in [4.78, 5) is 24.0. The molecule has 2 rings (SSSR count). The molecule has 1 fully saturated rings. The van der Waals surface area contributed by atoms with Crippen molar-refractivity contribution < 1.29 is 14.7 Å². The maximum Gasteiger partial charge on any atom is 0.266 e. The van der Waals surface area contributed by atoms with Crippen LogP contribution < -0.4 is 5.11 Å². The van der Waals surface area contributed by atoms with E-state index in [4.69, 9.17) is 12.2 Å². The summed E-state index contributed by atoms with van der Waals surface area (Å²) >= 11 is 6.09. The van der Waals surface area contributed by atoms with Gasteiger partial charge in [-0.05, 0) is 18.6 Å². The van der Waals surface area contributed by atoms with Crippen LogP contribution in [-0.4, -0.2) is 27.6 Å². The largest absolute Gasteiger partial charge is 0.548 e. The van der Waals surface area contributed by atoms with Crippen LogP contribution in [-0.2, 0) is 9.59 Å². The van der Waals surface area contributed by atoms with Gasteiger partial charge in [-0.3, -0.25) is 9.69 Å². The molecular formula is C13H10NO3S2-. The van der Waals surface area contributed by atoms with Gasteiger partial charge >= 0.3 is 0 Å². The number of carbonyl (C=O) groups excluding carboxylic acids is 2. The van der Waals surface area contributed by atoms with Gasteiger partial charge < -0.3 is 9.90 Å². The van der Waals surface area contributed by atoms with Gasteiger partial charge in [0.1, 0.15) is 4.32 Å². The number of carboxylic acids is 1. The zero-order chi connectivity index (χ0) is 14.0. The van der Waals surface area contributed by atoms with Crippen molar-refractivity contribution in [1.82, 2.24) is 4.90 Å². The minimum atomic E-state index is -1.33. The molecule has 0 radical (unpaired) electrons. The van der Waals surface area contributed by atoms with E-state index in [-0.39, 0.29) is 10.2 Å². The predicted molar refractivity (Wildman–Crippen MR) is 76.1 cm³/mol. The second kappa shape index (κ2) is 5.54. The van der Waals surface area contributed by atoms with Gasteiger partial charge in [0.15, 0.2) is 0 Å². The maximum atomic E-state index is 12.0. The van der Waals surface area contributed by atoms with E-state index < -0.39 is 12.5 Å². The average Bonchev–Trinajstić information content (AvgIpc) is 2.57. The fourth-order valence-electron chi connectivity index (χ4n) is 1.68. The topological polar surface area (TPSA) is 60.4 Å². The van der Waals surface area contributed by atoms with Crippen molar-refractivity contribution in [3.05, 3.63) is 40.3 Å². The zero-order valence-electron chi connectivity index (χ0n) is 10.1. The van der Waals surface area contributed by atoms with Crippen LogP contribution in [0.4, 0.5) is 0 Å². The van der Waals surface area contributed by atoms with Gasteiger partial charge in [-0.15, -0.1) is 0 Å². The smallest absolute Gasteiger partial charge is 0.266 e. The molecule has 1 saturated heterocycles. The van der Waals surface area contributed by atoms with Gasteiger partial charge in [0.05, 0.1) is 17.4 Å². The van der Waals surface area contributed by atoms with Crippen LogP contribution in [0.1, 0.15) is 11.1 Å². The summed E-state index contributed by atoms with van der Waals surface area (Å²) in [6.45, 7) is 1.45. The Labute approximate surface area is 120 Å². The lowest BCUT2D eigenvalue weighted by Crippen LogP contribution is -2.40. The van der Waals surface area contributed by atoms with E-state index in [1.807, 2.05) is 31.2 Å². The molecule has 0 aliphatic carbocycles. The third-order valence-corrected chi connectivity index (χ3v) is 3.88. The summed E-state index contributed by atoms with van der Waals surface area (Å²) in [6, 6.07) is 7.66. The lowest BCUT2D eigenvalue weighted by molar-refractivity contribution is -0.305. The number of hydrogen-bond acceptors (Lipinski definition) is 5. The number of nitrogens with zero attached hydrogens (tertiary/aromatic N) is 1. The quantitative estimate of drug-likeness (QED) is 0.613. The Morgan fingerprint density at radius 2 is 2.26 bits per heavy atom. The van der Waals surface area contributed by atoms with Crippen molar-refractivity contribution in [3.63, 3.8) is 0 Å². The molecule has 1 aromatic rings. The van der Waals surface area contributed by atoms with Gasteiger partial charge in [0, 0.05) is 0 Å². The molecule has 6 heteroatoms. The number of thioether (sulfide) groups is 1. The highest BCUT2D eigenvalue weighted by Crippen LogP contribution is 2.32. The molecule has 0 unspecified atom stereocenters. The SMILES string of the molecule is Cc1cccc(/C=C2/SC(=S)N(CC(=O)[O-])C2=O)c1. The summed E-state index contributed by atoms with van der Waals surface area (Å²) < 4.78 is 0.244. The average molecular weight is 292 g/mol. The number of aliphatic carboxylic acids is 1. The number of hydrogen-bond donors (Lipinski definition) is 0. The number of aryl methyl sites for hydroxylation is 1. The van der Waals surface area contributed by atoms with Crippen LogP contribution in [0.5, 0.6) is 0 Å². The molecule has 1 aromatic carbocycles. The second-order valence-electron chi connectivity index (χ2n) is 4.05. The zero-order valence-corrected chi connectivity index (χ0v) is 11.7. The van der Waals surface area contributed by atoms with Crippen LogP contribution in [0.15, 0.2) is 29.2 Å². The molecule has 1 aliphatic heterocycles. The molecule has 4 nitrogen and oxygen atoms in total. The number of amides is 1. The maximum absolute atomic E-state index is 12.0. The highest BCUT2D eigenvalue weighted by Gasteiger charge is 2.31. The first kappa shape index (κ1) is 13.8. The number of carboxylic acid groups (broad SMARTS) is 1. The Balaban J connectivity index is 2.25. The van der Waals surface area contributed by atoms with Gasteiger partial charge in [-0.25, -0.2) is 0 Å². The number of benzene rings is 1. The van der Waals surface area contributed by atoms with Crippen molar-refractivity contribution in [3.8, 4) is 0 Å². The van der Waals surface area contributed by atoms with Crippen LogP contribution in [0.25, 0.3) is 6.08 Å². The minimum Gasteiger partial charge on any atom is -0.548 e. The summed E-state index contributed by atoms with van der Waals surface area (Å²) in [5, 5.41) is 10.6. The first-order valence-electron chi connectivity index (χ1n) is 5.49. The summed E-state index contributed by atoms with van der Waals surface area (Å²) in [5.74, 6) is -1.71. The Hall–Kier alpha value is -1.66. The molecule has 1 aliphatic rings. The number of rotatable bonds is 3. The molecule has 1 heterocycles. The van der Waals surface area contributed by atoms with Crippen molar-refractivity contribution in [2.45, 2.75) is 6.92 Å². The summed E-state index contributed by atoms with van der Waals surface area (Å²) in [6.07, 6.45) is 1.71. The molecule has 98 valence electrons. The van der Waals surface area contributed by atoms with E-state index in [2.05, 4.69) is 0 Å². The lowest BCUT2D eigenvalue weighted by Gasteiger charge is -2.14. The Morgan fingerprint density at radius 1 is 1.53 bits per heavy atom. The summed E-state index contributed by atoms with van der Waals surface area (Å²) in [5.41, 5.74) is 1.97. The fourth-order valence-corrected chi connectivity index (χ4v) is 2.93. The molecular weight excluding hydrogens is 282 g/mol. The van der Waals surface area contributed by atoms with E-state index in [1.54, 1.807) is 6.08 Å². The first-order valence-corrected chi connectivity index (χ1v) is 6.72. The molecule has 0 spiro atoms. The van der Waals surface area contributed by atoms with Gasteiger partial charge in [0.2, 0.25) is 0 Å². The standard InChI is InChI=1S/C13H11NO3S2/c1-8-3-2-4-9(5-8)6-10-12(17)14(7-11(15)16)13(18)19-10/h2-6H,7H2,1H3,(H,15,16)/p-1/b10-6+. The highest BCUT2D eigenvalue weighted by atomic mass is 32.2. The van der Waals surface area contributed by atoms with E-state index in [9.17, 15) is 14.7 Å². The molecule has 0 N–H and O–H groups in total. The Morgan fingerprint density at radius 3 is 2.89 bits per heavy atom. The Bertz CT molecular complexity index is 595. The van der Waals surface area contributed by atoms with Crippen molar-refractivity contribution in [2.24, 2.45) is 0 Å². The molecule has 0 aromatic heterocycles. The second-order valence-corrected chi connectivity index (χ2v) is 5.73. The van der Waals surface area contributed by atoms with Crippen molar-refractivity contribution >= 4 is 46.3 Å². The molecule has 0 saturated carbocycles. The summed E-state index contributed by atoms with van der Waals surface area (Å²) in [7, 11) is 0. The molecule has 1 amide bonds. The third kappa shape index (κ3) is 3.21. The van der Waals surface area contributed by atoms with Gasteiger partial charge in [-0.2, -0.15) is 0 Å². The van der Waals surface area contributed by atoms with Crippen molar-refractivity contribution in [2.75, 3.05) is 6.54 Å². The molecule has 19 heavy (non-hydrogen) atoms. The number of carbonyl (C=O) groups is 2. The van der Waals surface area contributed by atoms with Gasteiger partial charge in [0.25, 0.3) is 5.91 Å². The highest BCUT2D eigenvalue weighted by molar-refractivity contribution is 8.26. The van der Waals surface area contributed by atoms with E-state index >= 15 is 0 Å². The van der Waals surface area contributed by atoms with Crippen molar-refractivity contribution in [1.29, 1.82) is 0 Å². The lowest BCUT2D eigenvalue weighted by atomic mass is 10.1. The van der Waals surface area contributed by atoms with Crippen LogP contribution >= 0.6 is 24.0 Å². The third-order valence-electron chi connectivity index (χ3n) is 2.50. The normalized spacial score (nSPS) is 17.3. The van der Waals surface area contributed by atoms with Crippen LogP contribution in [0.2, 0.25) is 0 Å². The van der Waals surface area contributed by atoms with Crippen LogP contribution in [0, 0.1) is 6.92 Å². The van der Waals surface area contributed by atoms with E-state index in [0.717, 1.165) is 27.8 Å². The Kier molecular flexibility index (Phi) is 4.01. The van der Waals surface area contributed by atoms with Gasteiger partial charge in [-0.1, -0.05) is 53.8 Å². The fraction of sp³-hybridized carbons (Fsp3) is 0.154. The predicted octanol–water partition coefficient (Wildman–Crippen LogP) is 0.946. The minimum absolute atomic E-state index is 0.244. The first-order chi connectivity index (χ1) is 8.97. The number of thiocarbonyl (C=S) groups is 1. The van der Waals surface area contributed by atoms with E-state index in [0.29, 0.717) is 4.91 Å².